The third-order valence-electron chi connectivity index (χ3n) is 1.88. The summed E-state index contributed by atoms with van der Waals surface area (Å²) in [6.07, 6.45) is 0. The van der Waals surface area contributed by atoms with Gasteiger partial charge in [0.15, 0.2) is 11.5 Å². The van der Waals surface area contributed by atoms with Crippen molar-refractivity contribution < 1.29 is 9.47 Å². The number of rotatable bonds is 7. The molecule has 0 aliphatic carbocycles. The maximum absolute atomic E-state index is 5.57. The molecule has 0 unspecified atom stereocenters. The summed E-state index contributed by atoms with van der Waals surface area (Å²) >= 11 is 3.35. The van der Waals surface area contributed by atoms with Gasteiger partial charge >= 0.3 is 0 Å². The highest BCUT2D eigenvalue weighted by atomic mass is 79.9. The molecule has 4 heteroatoms. The predicted molar refractivity (Wildman–Crippen MR) is 65.2 cm³/mol. The van der Waals surface area contributed by atoms with E-state index in [0.717, 1.165) is 29.9 Å². The van der Waals surface area contributed by atoms with Gasteiger partial charge in [-0.05, 0) is 12.1 Å². The highest BCUT2D eigenvalue weighted by Gasteiger charge is 2.00. The summed E-state index contributed by atoms with van der Waals surface area (Å²) in [5.74, 6) is 1.57. The van der Waals surface area contributed by atoms with Crippen molar-refractivity contribution in [2.24, 2.45) is 0 Å². The molecule has 0 aliphatic heterocycles. The molecule has 1 rings (SSSR count). The van der Waals surface area contributed by atoms with Crippen LogP contribution in [0.15, 0.2) is 24.3 Å². The fourth-order valence-electron chi connectivity index (χ4n) is 1.16. The van der Waals surface area contributed by atoms with Crippen LogP contribution in [0.1, 0.15) is 0 Å². The quantitative estimate of drug-likeness (QED) is 0.610. The topological polar surface area (TPSA) is 30.5 Å². The predicted octanol–water partition coefficient (Wildman–Crippen LogP) is 2.06. The lowest BCUT2D eigenvalue weighted by Crippen LogP contribution is -2.22. The average Bonchev–Trinajstić information content (AvgIpc) is 2.29. The van der Waals surface area contributed by atoms with Crippen molar-refractivity contribution in [3.8, 4) is 11.5 Å². The average molecular weight is 274 g/mol. The van der Waals surface area contributed by atoms with Gasteiger partial charge < -0.3 is 14.8 Å². The second-order valence-corrected chi connectivity index (χ2v) is 3.73. The standard InChI is InChI=1S/C11H16BrNO2/c1-14-10-4-2-3-5-11(10)15-9-8-13-7-6-12/h2-5,13H,6-9H2,1H3. The molecule has 0 heterocycles. The number of benzene rings is 1. The highest BCUT2D eigenvalue weighted by molar-refractivity contribution is 9.09. The molecule has 15 heavy (non-hydrogen) atoms. The molecular weight excluding hydrogens is 258 g/mol. The molecule has 0 radical (unpaired) electrons. The molecule has 0 atom stereocenters. The zero-order chi connectivity index (χ0) is 10.9. The molecule has 84 valence electrons. The van der Waals surface area contributed by atoms with E-state index in [1.54, 1.807) is 7.11 Å². The Bertz CT molecular complexity index is 281. The van der Waals surface area contributed by atoms with Gasteiger partial charge in [0.25, 0.3) is 0 Å². The lowest BCUT2D eigenvalue weighted by Gasteiger charge is -2.10. The van der Waals surface area contributed by atoms with Crippen molar-refractivity contribution >= 4 is 15.9 Å². The molecule has 0 amide bonds. The Morgan fingerprint density at radius 3 is 2.60 bits per heavy atom. The van der Waals surface area contributed by atoms with Crippen molar-refractivity contribution in [2.45, 2.75) is 0 Å². The smallest absolute Gasteiger partial charge is 0.161 e. The first-order chi connectivity index (χ1) is 7.38. The van der Waals surface area contributed by atoms with E-state index in [1.165, 1.54) is 0 Å². The molecule has 3 nitrogen and oxygen atoms in total. The van der Waals surface area contributed by atoms with E-state index >= 15 is 0 Å². The molecule has 0 saturated heterocycles. The maximum Gasteiger partial charge on any atom is 0.161 e. The van der Waals surface area contributed by atoms with Gasteiger partial charge in [0.2, 0.25) is 0 Å². The first-order valence-corrected chi connectivity index (χ1v) is 6.03. The van der Waals surface area contributed by atoms with Crippen molar-refractivity contribution in [2.75, 3.05) is 32.1 Å². The van der Waals surface area contributed by atoms with E-state index in [1.807, 2.05) is 24.3 Å². The van der Waals surface area contributed by atoms with Crippen molar-refractivity contribution in [3.63, 3.8) is 0 Å². The van der Waals surface area contributed by atoms with Crippen LogP contribution in [-0.4, -0.2) is 32.1 Å². The van der Waals surface area contributed by atoms with Crippen LogP contribution >= 0.6 is 15.9 Å². The molecule has 0 saturated carbocycles. The van der Waals surface area contributed by atoms with E-state index in [2.05, 4.69) is 21.2 Å². The van der Waals surface area contributed by atoms with Crippen molar-refractivity contribution in [1.82, 2.24) is 5.32 Å². The maximum atomic E-state index is 5.57. The lowest BCUT2D eigenvalue weighted by molar-refractivity contribution is 0.293. The second-order valence-electron chi connectivity index (χ2n) is 2.94. The Balaban J connectivity index is 2.30. The third-order valence-corrected chi connectivity index (χ3v) is 2.27. The minimum Gasteiger partial charge on any atom is -0.493 e. The molecule has 1 N–H and O–H groups in total. The fourth-order valence-corrected chi connectivity index (χ4v) is 1.44. The minimum absolute atomic E-state index is 0.646. The van der Waals surface area contributed by atoms with E-state index in [9.17, 15) is 0 Å². The zero-order valence-electron chi connectivity index (χ0n) is 8.83. The monoisotopic (exact) mass is 273 g/mol. The van der Waals surface area contributed by atoms with Crippen LogP contribution in [0.5, 0.6) is 11.5 Å². The summed E-state index contributed by atoms with van der Waals surface area (Å²) in [6.45, 7) is 2.44. The molecule has 0 bridgehead atoms. The van der Waals surface area contributed by atoms with Gasteiger partial charge in [-0.2, -0.15) is 0 Å². The first kappa shape index (κ1) is 12.3. The number of nitrogens with one attached hydrogen (secondary N) is 1. The van der Waals surface area contributed by atoms with Crippen LogP contribution in [0.3, 0.4) is 0 Å². The number of halogens is 1. The zero-order valence-corrected chi connectivity index (χ0v) is 10.4. The van der Waals surface area contributed by atoms with Crippen LogP contribution in [0.25, 0.3) is 0 Å². The molecule has 0 aliphatic rings. The summed E-state index contributed by atoms with van der Waals surface area (Å²) < 4.78 is 10.7. The minimum atomic E-state index is 0.646. The van der Waals surface area contributed by atoms with E-state index < -0.39 is 0 Å². The lowest BCUT2D eigenvalue weighted by atomic mass is 10.3. The molecule has 0 fully saturated rings. The molecular formula is C11H16BrNO2. The van der Waals surface area contributed by atoms with Crippen LogP contribution in [-0.2, 0) is 0 Å². The largest absolute Gasteiger partial charge is 0.493 e. The third kappa shape index (κ3) is 4.53. The number of alkyl halides is 1. The van der Waals surface area contributed by atoms with Crippen LogP contribution in [0.2, 0.25) is 0 Å². The summed E-state index contributed by atoms with van der Waals surface area (Å²) in [4.78, 5) is 0. The van der Waals surface area contributed by atoms with Crippen LogP contribution in [0.4, 0.5) is 0 Å². The number of methoxy groups -OCH3 is 1. The Hall–Kier alpha value is -0.740. The van der Waals surface area contributed by atoms with Gasteiger partial charge in [-0.3, -0.25) is 0 Å². The van der Waals surface area contributed by atoms with Crippen molar-refractivity contribution in [3.05, 3.63) is 24.3 Å². The van der Waals surface area contributed by atoms with Crippen molar-refractivity contribution in [1.29, 1.82) is 0 Å². The van der Waals surface area contributed by atoms with Gasteiger partial charge in [0, 0.05) is 18.4 Å². The highest BCUT2D eigenvalue weighted by Crippen LogP contribution is 2.25. The number of para-hydroxylation sites is 2. The summed E-state index contributed by atoms with van der Waals surface area (Å²) in [6, 6.07) is 7.66. The van der Waals surface area contributed by atoms with Gasteiger partial charge in [-0.25, -0.2) is 0 Å². The molecule has 1 aromatic rings. The summed E-state index contributed by atoms with van der Waals surface area (Å²) in [5, 5.41) is 4.19. The first-order valence-electron chi connectivity index (χ1n) is 4.91. The molecule has 1 aromatic carbocycles. The Labute approximate surface area is 98.9 Å². The molecule has 0 aromatic heterocycles. The Morgan fingerprint density at radius 1 is 1.20 bits per heavy atom. The van der Waals surface area contributed by atoms with Crippen LogP contribution in [0, 0.1) is 0 Å². The van der Waals surface area contributed by atoms with Gasteiger partial charge in [-0.1, -0.05) is 28.1 Å². The summed E-state index contributed by atoms with van der Waals surface area (Å²) in [7, 11) is 1.64. The van der Waals surface area contributed by atoms with Gasteiger partial charge in [0.1, 0.15) is 6.61 Å². The van der Waals surface area contributed by atoms with Crippen LogP contribution < -0.4 is 14.8 Å². The fraction of sp³-hybridized carbons (Fsp3) is 0.455. The number of ether oxygens (including phenoxy) is 2. The van der Waals surface area contributed by atoms with E-state index in [0.29, 0.717) is 6.61 Å². The SMILES string of the molecule is COc1ccccc1OCCNCCBr. The number of hydrogen-bond donors (Lipinski definition) is 1. The van der Waals surface area contributed by atoms with E-state index in [-0.39, 0.29) is 0 Å². The van der Waals surface area contributed by atoms with Gasteiger partial charge in [-0.15, -0.1) is 0 Å². The Kier molecular flexibility index (Phi) is 6.20. The number of hydrogen-bond acceptors (Lipinski definition) is 3. The van der Waals surface area contributed by atoms with E-state index in [4.69, 9.17) is 9.47 Å². The van der Waals surface area contributed by atoms with Gasteiger partial charge in [0.05, 0.1) is 7.11 Å². The molecule has 0 spiro atoms. The second kappa shape index (κ2) is 7.54. The normalized spacial score (nSPS) is 10.0. The Morgan fingerprint density at radius 2 is 1.93 bits per heavy atom. The summed E-state index contributed by atoms with van der Waals surface area (Å²) in [5.41, 5.74) is 0.